The fourth-order valence-corrected chi connectivity index (χ4v) is 1.25. The zero-order valence-corrected chi connectivity index (χ0v) is 10.0. The lowest BCUT2D eigenvalue weighted by Gasteiger charge is -2.06. The topological polar surface area (TPSA) is 44.2 Å². The summed E-state index contributed by atoms with van der Waals surface area (Å²) >= 11 is 8.99. The Morgan fingerprint density at radius 3 is 2.93 bits per heavy atom. The van der Waals surface area contributed by atoms with Gasteiger partial charge in [-0.25, -0.2) is 9.97 Å². The molecule has 0 spiro atoms. The summed E-state index contributed by atoms with van der Waals surface area (Å²) in [5.74, 6) is 0.459. The Labute approximate surface area is 95.7 Å². The largest absolute Gasteiger partial charge is 0.477 e. The van der Waals surface area contributed by atoms with E-state index >= 15 is 0 Å². The molecular weight excluding hydrogens is 271 g/mol. The molecular formula is C8H10BrClN2O2. The molecule has 14 heavy (non-hydrogen) atoms. The molecule has 0 atom stereocenters. The van der Waals surface area contributed by atoms with E-state index in [2.05, 4.69) is 25.9 Å². The third kappa shape index (κ3) is 3.40. The summed E-state index contributed by atoms with van der Waals surface area (Å²) in [5.41, 5.74) is 0. The molecule has 1 aromatic heterocycles. The molecule has 0 fully saturated rings. The molecule has 0 N–H and O–H groups in total. The van der Waals surface area contributed by atoms with Crippen molar-refractivity contribution in [3.8, 4) is 5.88 Å². The molecule has 0 aromatic carbocycles. The molecule has 1 heterocycles. The molecule has 1 rings (SSSR count). The minimum Gasteiger partial charge on any atom is -0.477 e. The lowest BCUT2D eigenvalue weighted by Crippen LogP contribution is -2.03. The Morgan fingerprint density at radius 1 is 1.43 bits per heavy atom. The van der Waals surface area contributed by atoms with Crippen molar-refractivity contribution in [1.82, 2.24) is 9.97 Å². The Kier molecular flexibility index (Phi) is 5.14. The molecule has 6 heteroatoms. The molecule has 0 saturated heterocycles. The monoisotopic (exact) mass is 280 g/mol. The third-order valence-electron chi connectivity index (χ3n) is 1.45. The van der Waals surface area contributed by atoms with Crippen LogP contribution in [0.5, 0.6) is 5.88 Å². The summed E-state index contributed by atoms with van der Waals surface area (Å²) in [4.78, 5) is 7.72. The number of aromatic nitrogens is 2. The molecule has 4 nitrogen and oxygen atoms in total. The number of methoxy groups -OCH3 is 1. The van der Waals surface area contributed by atoms with Gasteiger partial charge in [-0.15, -0.1) is 0 Å². The van der Waals surface area contributed by atoms with Crippen molar-refractivity contribution in [2.75, 3.05) is 20.3 Å². The fourth-order valence-electron chi connectivity index (χ4n) is 0.806. The number of halogens is 2. The summed E-state index contributed by atoms with van der Waals surface area (Å²) < 4.78 is 10.8. The van der Waals surface area contributed by atoms with Crippen molar-refractivity contribution in [3.05, 3.63) is 16.0 Å². The van der Waals surface area contributed by atoms with Gasteiger partial charge < -0.3 is 9.47 Å². The molecule has 1 aromatic rings. The highest BCUT2D eigenvalue weighted by molar-refractivity contribution is 9.10. The number of nitrogens with zero attached hydrogens (tertiary/aromatic N) is 2. The van der Waals surface area contributed by atoms with Gasteiger partial charge in [0.15, 0.2) is 5.15 Å². The summed E-state index contributed by atoms with van der Waals surface area (Å²) in [7, 11) is 1.65. The molecule has 0 bridgehead atoms. The van der Waals surface area contributed by atoms with Crippen LogP contribution in [0.4, 0.5) is 0 Å². The van der Waals surface area contributed by atoms with Crippen LogP contribution < -0.4 is 4.74 Å². The van der Waals surface area contributed by atoms with Gasteiger partial charge >= 0.3 is 0 Å². The third-order valence-corrected chi connectivity index (χ3v) is 2.68. The normalized spacial score (nSPS) is 10.2. The Morgan fingerprint density at radius 2 is 2.21 bits per heavy atom. The Bertz CT molecular complexity index is 299. The van der Waals surface area contributed by atoms with E-state index in [-0.39, 0.29) is 0 Å². The molecule has 0 unspecified atom stereocenters. The van der Waals surface area contributed by atoms with Gasteiger partial charge in [-0.2, -0.15) is 0 Å². The van der Waals surface area contributed by atoms with Gasteiger partial charge in [-0.3, -0.25) is 0 Å². The smallest absolute Gasteiger partial charge is 0.232 e. The van der Waals surface area contributed by atoms with Crippen molar-refractivity contribution in [1.29, 1.82) is 0 Å². The van der Waals surface area contributed by atoms with Gasteiger partial charge in [0.05, 0.1) is 6.61 Å². The predicted molar refractivity (Wildman–Crippen MR) is 56.7 cm³/mol. The standard InChI is InChI=1S/C8H10BrClN2O2/c1-13-3-2-4-14-8-6(9)7(10)11-5-12-8/h5H,2-4H2,1H3. The number of hydrogen-bond acceptors (Lipinski definition) is 4. The van der Waals surface area contributed by atoms with Gasteiger partial charge in [-0.1, -0.05) is 11.6 Å². The van der Waals surface area contributed by atoms with Gasteiger partial charge in [-0.05, 0) is 15.9 Å². The highest BCUT2D eigenvalue weighted by Crippen LogP contribution is 2.27. The van der Waals surface area contributed by atoms with Crippen LogP contribution in [0, 0.1) is 0 Å². The zero-order valence-electron chi connectivity index (χ0n) is 7.67. The molecule has 0 amide bonds. The molecule has 0 aliphatic carbocycles. The summed E-state index contributed by atoms with van der Waals surface area (Å²) in [6, 6.07) is 0. The first-order valence-electron chi connectivity index (χ1n) is 4.03. The first-order chi connectivity index (χ1) is 6.75. The maximum absolute atomic E-state index is 5.75. The first-order valence-corrected chi connectivity index (χ1v) is 5.20. The Balaban J connectivity index is 2.46. The lowest BCUT2D eigenvalue weighted by molar-refractivity contribution is 0.170. The molecule has 0 aliphatic rings. The van der Waals surface area contributed by atoms with Gasteiger partial charge in [0.25, 0.3) is 0 Å². The average molecular weight is 282 g/mol. The van der Waals surface area contributed by atoms with E-state index in [0.717, 1.165) is 6.42 Å². The fraction of sp³-hybridized carbons (Fsp3) is 0.500. The quantitative estimate of drug-likeness (QED) is 0.614. The predicted octanol–water partition coefficient (Wildman–Crippen LogP) is 2.31. The summed E-state index contributed by atoms with van der Waals surface area (Å²) in [6.45, 7) is 1.20. The summed E-state index contributed by atoms with van der Waals surface area (Å²) in [5, 5.41) is 0.349. The molecule has 0 aliphatic heterocycles. The van der Waals surface area contributed by atoms with E-state index in [0.29, 0.717) is 28.7 Å². The van der Waals surface area contributed by atoms with Gasteiger partial charge in [0.2, 0.25) is 5.88 Å². The van der Waals surface area contributed by atoms with E-state index in [1.165, 1.54) is 6.33 Å². The van der Waals surface area contributed by atoms with E-state index in [9.17, 15) is 0 Å². The van der Waals surface area contributed by atoms with Gasteiger partial charge in [0.1, 0.15) is 10.8 Å². The van der Waals surface area contributed by atoms with Crippen LogP contribution in [0.15, 0.2) is 10.8 Å². The van der Waals surface area contributed by atoms with Crippen LogP contribution in [-0.2, 0) is 4.74 Å². The molecule has 0 saturated carbocycles. The van der Waals surface area contributed by atoms with Gasteiger partial charge in [0, 0.05) is 20.1 Å². The SMILES string of the molecule is COCCCOc1ncnc(Cl)c1Br. The van der Waals surface area contributed by atoms with Crippen molar-refractivity contribution < 1.29 is 9.47 Å². The van der Waals surface area contributed by atoms with Crippen molar-refractivity contribution >= 4 is 27.5 Å². The number of ether oxygens (including phenoxy) is 2. The molecule has 78 valence electrons. The number of hydrogen-bond donors (Lipinski definition) is 0. The van der Waals surface area contributed by atoms with Crippen LogP contribution in [-0.4, -0.2) is 30.3 Å². The molecule has 0 radical (unpaired) electrons. The van der Waals surface area contributed by atoms with Crippen LogP contribution in [0.25, 0.3) is 0 Å². The number of rotatable bonds is 5. The first kappa shape index (κ1) is 11.7. The van der Waals surface area contributed by atoms with E-state index in [1.807, 2.05) is 0 Å². The van der Waals surface area contributed by atoms with E-state index in [4.69, 9.17) is 21.1 Å². The van der Waals surface area contributed by atoms with Crippen LogP contribution in [0.3, 0.4) is 0 Å². The Hall–Kier alpha value is -0.390. The second kappa shape index (κ2) is 6.16. The second-order valence-electron chi connectivity index (χ2n) is 2.48. The highest BCUT2D eigenvalue weighted by Gasteiger charge is 2.06. The van der Waals surface area contributed by atoms with Crippen molar-refractivity contribution in [2.45, 2.75) is 6.42 Å². The maximum atomic E-state index is 5.75. The average Bonchev–Trinajstić information content (AvgIpc) is 2.19. The minimum atomic E-state index is 0.349. The lowest BCUT2D eigenvalue weighted by atomic mass is 10.5. The summed E-state index contributed by atoms with van der Waals surface area (Å²) in [6.07, 6.45) is 2.17. The highest BCUT2D eigenvalue weighted by atomic mass is 79.9. The van der Waals surface area contributed by atoms with E-state index in [1.54, 1.807) is 7.11 Å². The van der Waals surface area contributed by atoms with Crippen LogP contribution in [0.1, 0.15) is 6.42 Å². The minimum absolute atomic E-state index is 0.349. The van der Waals surface area contributed by atoms with Crippen LogP contribution in [0.2, 0.25) is 5.15 Å². The maximum Gasteiger partial charge on any atom is 0.232 e. The second-order valence-corrected chi connectivity index (χ2v) is 3.63. The van der Waals surface area contributed by atoms with Crippen molar-refractivity contribution in [2.24, 2.45) is 0 Å². The zero-order chi connectivity index (χ0) is 10.4. The van der Waals surface area contributed by atoms with Crippen molar-refractivity contribution in [3.63, 3.8) is 0 Å². The van der Waals surface area contributed by atoms with Crippen LogP contribution >= 0.6 is 27.5 Å². The van der Waals surface area contributed by atoms with E-state index < -0.39 is 0 Å².